The van der Waals surface area contributed by atoms with Gasteiger partial charge in [0.25, 0.3) is 5.91 Å². The Balaban J connectivity index is 1.48. The van der Waals surface area contributed by atoms with Crippen LogP contribution in [0.5, 0.6) is 0 Å². The number of carbonyl (C=O) groups is 2. The zero-order valence-electron chi connectivity index (χ0n) is 14.2. The number of aromatic amines is 1. The van der Waals surface area contributed by atoms with Gasteiger partial charge in [-0.05, 0) is 31.0 Å². The molecule has 8 heteroatoms. The molecule has 0 bridgehead atoms. The molecule has 0 saturated carbocycles. The van der Waals surface area contributed by atoms with E-state index in [0.29, 0.717) is 49.2 Å². The molecule has 2 saturated heterocycles. The summed E-state index contributed by atoms with van der Waals surface area (Å²) in [6.45, 7) is 2.19. The van der Waals surface area contributed by atoms with Crippen LogP contribution in [0.15, 0.2) is 18.2 Å². The van der Waals surface area contributed by atoms with Gasteiger partial charge in [0.2, 0.25) is 5.91 Å². The molecule has 1 aromatic heterocycles. The first-order valence-electron chi connectivity index (χ1n) is 8.74. The molecule has 6 nitrogen and oxygen atoms in total. The smallest absolute Gasteiger partial charge is 0.270 e. The van der Waals surface area contributed by atoms with Crippen LogP contribution in [-0.2, 0) is 4.79 Å². The second-order valence-corrected chi connectivity index (χ2v) is 7.45. The number of fused-ring (bicyclic) bond motifs is 1. The highest BCUT2D eigenvalue weighted by atomic mass is 35.5. The second kappa shape index (κ2) is 6.55. The maximum Gasteiger partial charge on any atom is 0.270 e. The van der Waals surface area contributed by atoms with E-state index in [-0.39, 0.29) is 28.8 Å². The van der Waals surface area contributed by atoms with Gasteiger partial charge in [-0.25, -0.2) is 4.39 Å². The van der Waals surface area contributed by atoms with E-state index in [9.17, 15) is 14.0 Å². The van der Waals surface area contributed by atoms with Crippen LogP contribution in [0.2, 0.25) is 5.02 Å². The van der Waals surface area contributed by atoms with Crippen LogP contribution in [0.4, 0.5) is 4.39 Å². The van der Waals surface area contributed by atoms with Crippen molar-refractivity contribution >= 4 is 34.3 Å². The van der Waals surface area contributed by atoms with E-state index in [1.165, 1.54) is 6.07 Å². The summed E-state index contributed by atoms with van der Waals surface area (Å²) in [5.74, 6) is -0.830. The molecule has 138 valence electrons. The van der Waals surface area contributed by atoms with Gasteiger partial charge in [0.05, 0.1) is 10.9 Å². The Morgan fingerprint density at radius 3 is 2.69 bits per heavy atom. The molecular weight excluding hydrogens is 359 g/mol. The maximum absolute atomic E-state index is 13.6. The van der Waals surface area contributed by atoms with Crippen molar-refractivity contribution in [3.63, 3.8) is 0 Å². The molecule has 0 spiro atoms. The molecule has 2 aliphatic heterocycles. The third-order valence-electron chi connectivity index (χ3n) is 5.28. The molecule has 0 unspecified atom stereocenters. The minimum Gasteiger partial charge on any atom is -0.350 e. The summed E-state index contributed by atoms with van der Waals surface area (Å²) >= 11 is 5.97. The average Bonchev–Trinajstić information content (AvgIpc) is 3.36. The number of halogens is 2. The van der Waals surface area contributed by atoms with Gasteiger partial charge < -0.3 is 20.5 Å². The monoisotopic (exact) mass is 378 g/mol. The van der Waals surface area contributed by atoms with Gasteiger partial charge in [-0.15, -0.1) is 0 Å². The lowest BCUT2D eigenvalue weighted by Gasteiger charge is -2.20. The Bertz CT molecular complexity index is 883. The van der Waals surface area contributed by atoms with Crippen molar-refractivity contribution < 1.29 is 14.0 Å². The predicted molar refractivity (Wildman–Crippen MR) is 96.4 cm³/mol. The number of carbonyl (C=O) groups excluding carboxylic acids is 2. The fourth-order valence-electron chi connectivity index (χ4n) is 3.82. The highest BCUT2D eigenvalue weighted by Crippen LogP contribution is 2.28. The zero-order valence-corrected chi connectivity index (χ0v) is 14.9. The van der Waals surface area contributed by atoms with E-state index >= 15 is 0 Å². The van der Waals surface area contributed by atoms with Gasteiger partial charge >= 0.3 is 0 Å². The topological polar surface area (TPSA) is 82.4 Å². The molecule has 3 heterocycles. The minimum absolute atomic E-state index is 0.00218. The molecule has 3 N–H and O–H groups in total. The molecule has 2 amide bonds. The van der Waals surface area contributed by atoms with E-state index < -0.39 is 5.82 Å². The summed E-state index contributed by atoms with van der Waals surface area (Å²) in [7, 11) is 0. The Hall–Kier alpha value is -2.12. The highest BCUT2D eigenvalue weighted by Gasteiger charge is 2.36. The third-order valence-corrected chi connectivity index (χ3v) is 5.67. The first kappa shape index (κ1) is 17.3. The van der Waals surface area contributed by atoms with Crippen LogP contribution in [-0.4, -0.2) is 58.8 Å². The second-order valence-electron chi connectivity index (χ2n) is 7.08. The lowest BCUT2D eigenvalue weighted by atomic mass is 10.1. The van der Waals surface area contributed by atoms with Crippen molar-refractivity contribution in [2.24, 2.45) is 11.7 Å². The van der Waals surface area contributed by atoms with Crippen molar-refractivity contribution in [2.45, 2.75) is 18.9 Å². The van der Waals surface area contributed by atoms with E-state index in [1.807, 2.05) is 0 Å². The SMILES string of the molecule is N[C@@H]1CCN(C(=O)[C@@H]2CCN(C(=O)c3cc4c(Cl)c(F)ccc4[nH]3)C2)C1. The lowest BCUT2D eigenvalue weighted by Crippen LogP contribution is -2.38. The Kier molecular flexibility index (Phi) is 4.36. The Labute approximate surface area is 155 Å². The number of rotatable bonds is 2. The Morgan fingerprint density at radius 1 is 1.19 bits per heavy atom. The number of benzene rings is 1. The van der Waals surface area contributed by atoms with Crippen LogP contribution in [0, 0.1) is 11.7 Å². The molecule has 0 radical (unpaired) electrons. The number of nitrogens with one attached hydrogen (secondary N) is 1. The lowest BCUT2D eigenvalue weighted by molar-refractivity contribution is -0.134. The number of aromatic nitrogens is 1. The summed E-state index contributed by atoms with van der Waals surface area (Å²) < 4.78 is 13.6. The molecule has 2 fully saturated rings. The van der Waals surface area contributed by atoms with Crippen molar-refractivity contribution in [3.05, 3.63) is 34.7 Å². The molecular formula is C18H20ClFN4O2. The molecule has 1 aromatic carbocycles. The van der Waals surface area contributed by atoms with Crippen LogP contribution < -0.4 is 5.73 Å². The fourth-order valence-corrected chi connectivity index (χ4v) is 4.04. The summed E-state index contributed by atoms with van der Waals surface area (Å²) in [5, 5.41) is 0.477. The van der Waals surface area contributed by atoms with Crippen molar-refractivity contribution in [1.29, 1.82) is 0 Å². The van der Waals surface area contributed by atoms with Crippen molar-refractivity contribution in [2.75, 3.05) is 26.2 Å². The maximum atomic E-state index is 13.6. The van der Waals surface area contributed by atoms with Gasteiger partial charge in [0.1, 0.15) is 11.5 Å². The van der Waals surface area contributed by atoms with Crippen LogP contribution >= 0.6 is 11.6 Å². The number of likely N-dealkylation sites (tertiary alicyclic amines) is 2. The van der Waals surface area contributed by atoms with E-state index in [4.69, 9.17) is 17.3 Å². The summed E-state index contributed by atoms with van der Waals surface area (Å²) in [6, 6.07) is 4.44. The van der Waals surface area contributed by atoms with Gasteiger partial charge in [-0.1, -0.05) is 11.6 Å². The van der Waals surface area contributed by atoms with E-state index in [0.717, 1.165) is 6.42 Å². The quantitative estimate of drug-likeness (QED) is 0.838. The predicted octanol–water partition coefficient (Wildman–Crippen LogP) is 1.98. The molecule has 2 atom stereocenters. The normalized spacial score (nSPS) is 23.2. The zero-order chi connectivity index (χ0) is 18.4. The number of hydrogen-bond acceptors (Lipinski definition) is 3. The fraction of sp³-hybridized carbons (Fsp3) is 0.444. The van der Waals surface area contributed by atoms with Crippen LogP contribution in [0.3, 0.4) is 0 Å². The summed E-state index contributed by atoms with van der Waals surface area (Å²) in [4.78, 5) is 31.8. The summed E-state index contributed by atoms with van der Waals surface area (Å²) in [6.07, 6.45) is 1.47. The molecule has 2 aliphatic rings. The van der Waals surface area contributed by atoms with E-state index in [2.05, 4.69) is 4.98 Å². The van der Waals surface area contributed by atoms with Gasteiger partial charge in [0, 0.05) is 43.1 Å². The molecule has 2 aromatic rings. The third kappa shape index (κ3) is 2.95. The number of amides is 2. The largest absolute Gasteiger partial charge is 0.350 e. The molecule has 0 aliphatic carbocycles. The van der Waals surface area contributed by atoms with Gasteiger partial charge in [-0.3, -0.25) is 9.59 Å². The number of nitrogens with two attached hydrogens (primary N) is 1. The minimum atomic E-state index is -0.521. The van der Waals surface area contributed by atoms with E-state index in [1.54, 1.807) is 21.9 Å². The van der Waals surface area contributed by atoms with Crippen LogP contribution in [0.25, 0.3) is 10.9 Å². The van der Waals surface area contributed by atoms with Crippen LogP contribution in [0.1, 0.15) is 23.3 Å². The standard InChI is InChI=1S/C18H20ClFN4O2/c19-16-12-7-15(22-14(12)2-1-13(16)20)18(26)23-5-3-10(8-23)17(25)24-6-4-11(21)9-24/h1-2,7,10-11,22H,3-6,8-9,21H2/t10-,11-/m1/s1. The van der Waals surface area contributed by atoms with Crippen molar-refractivity contribution in [1.82, 2.24) is 14.8 Å². The highest BCUT2D eigenvalue weighted by molar-refractivity contribution is 6.35. The first-order valence-corrected chi connectivity index (χ1v) is 9.12. The first-order chi connectivity index (χ1) is 12.4. The molecule has 4 rings (SSSR count). The Morgan fingerprint density at radius 2 is 1.96 bits per heavy atom. The number of nitrogens with zero attached hydrogens (tertiary/aromatic N) is 2. The number of H-pyrrole nitrogens is 1. The molecule has 26 heavy (non-hydrogen) atoms. The van der Waals surface area contributed by atoms with Gasteiger partial charge in [0.15, 0.2) is 0 Å². The average molecular weight is 379 g/mol. The van der Waals surface area contributed by atoms with Crippen molar-refractivity contribution in [3.8, 4) is 0 Å². The van der Waals surface area contributed by atoms with Gasteiger partial charge in [-0.2, -0.15) is 0 Å². The summed E-state index contributed by atoms with van der Waals surface area (Å²) in [5.41, 5.74) is 6.83. The number of hydrogen-bond donors (Lipinski definition) is 2.